The van der Waals surface area contributed by atoms with Gasteiger partial charge < -0.3 is 10.8 Å². The second-order valence-electron chi connectivity index (χ2n) is 2.51. The summed E-state index contributed by atoms with van der Waals surface area (Å²) in [4.78, 5) is 0. The van der Waals surface area contributed by atoms with Crippen LogP contribution in [0.1, 0.15) is 12.8 Å². The lowest BCUT2D eigenvalue weighted by Gasteiger charge is -2.21. The molecule has 0 radical (unpaired) electrons. The predicted octanol–water partition coefficient (Wildman–Crippen LogP) is 0.272. The van der Waals surface area contributed by atoms with Gasteiger partial charge in [-0.05, 0) is 19.4 Å². The van der Waals surface area contributed by atoms with E-state index in [-0.39, 0.29) is 6.10 Å². The molecule has 2 nitrogen and oxygen atoms in total. The highest BCUT2D eigenvalue weighted by Crippen LogP contribution is 2.16. The lowest BCUT2D eigenvalue weighted by atomic mass is 9.92. The summed E-state index contributed by atoms with van der Waals surface area (Å²) in [5.74, 6) is 0.301. The zero-order valence-electron chi connectivity index (χ0n) is 5.46. The van der Waals surface area contributed by atoms with E-state index in [4.69, 9.17) is 5.73 Å². The molecule has 0 amide bonds. The van der Waals surface area contributed by atoms with Crippen molar-refractivity contribution in [2.75, 3.05) is 6.54 Å². The number of rotatable bonds is 1. The van der Waals surface area contributed by atoms with Crippen LogP contribution in [-0.2, 0) is 0 Å². The van der Waals surface area contributed by atoms with Crippen LogP contribution in [0, 0.1) is 5.92 Å². The van der Waals surface area contributed by atoms with Crippen LogP contribution in [0.5, 0.6) is 0 Å². The summed E-state index contributed by atoms with van der Waals surface area (Å²) >= 11 is 0. The lowest BCUT2D eigenvalue weighted by molar-refractivity contribution is 0.110. The number of nitrogens with two attached hydrogens (primary N) is 1. The normalized spacial score (nSPS) is 34.9. The van der Waals surface area contributed by atoms with Crippen LogP contribution >= 0.6 is 0 Å². The van der Waals surface area contributed by atoms with Crippen LogP contribution in [0.25, 0.3) is 0 Å². The average molecular weight is 127 g/mol. The standard InChI is InChI=1S/C7H13NO/c8-5-6-3-1-2-4-7(6)9/h1-2,6-7,9H,3-5,8H2/t6-,7-/m1/s1. The van der Waals surface area contributed by atoms with E-state index in [9.17, 15) is 5.11 Å². The molecule has 0 spiro atoms. The summed E-state index contributed by atoms with van der Waals surface area (Å²) in [5, 5.41) is 9.24. The molecular weight excluding hydrogens is 114 g/mol. The van der Waals surface area contributed by atoms with E-state index in [1.54, 1.807) is 0 Å². The fourth-order valence-electron chi connectivity index (χ4n) is 1.11. The van der Waals surface area contributed by atoms with Crippen LogP contribution in [0.2, 0.25) is 0 Å². The molecule has 0 saturated carbocycles. The van der Waals surface area contributed by atoms with Gasteiger partial charge in [0.05, 0.1) is 6.10 Å². The Bertz CT molecular complexity index is 111. The van der Waals surface area contributed by atoms with Crippen LogP contribution in [0.4, 0.5) is 0 Å². The molecule has 2 atom stereocenters. The van der Waals surface area contributed by atoms with Gasteiger partial charge in [-0.1, -0.05) is 12.2 Å². The average Bonchev–Trinajstić information content (AvgIpc) is 1.89. The lowest BCUT2D eigenvalue weighted by Crippen LogP contribution is -2.28. The van der Waals surface area contributed by atoms with Crippen molar-refractivity contribution < 1.29 is 5.11 Å². The van der Waals surface area contributed by atoms with Crippen molar-refractivity contribution in [3.63, 3.8) is 0 Å². The molecule has 1 aliphatic carbocycles. The minimum absolute atomic E-state index is 0.194. The predicted molar refractivity (Wildman–Crippen MR) is 36.9 cm³/mol. The molecule has 1 aliphatic rings. The highest BCUT2D eigenvalue weighted by Gasteiger charge is 2.17. The summed E-state index contributed by atoms with van der Waals surface area (Å²) in [7, 11) is 0. The number of aliphatic hydroxyl groups is 1. The van der Waals surface area contributed by atoms with Crippen molar-refractivity contribution in [2.45, 2.75) is 18.9 Å². The molecule has 0 aliphatic heterocycles. The van der Waals surface area contributed by atoms with Gasteiger partial charge in [-0.2, -0.15) is 0 Å². The molecule has 0 bridgehead atoms. The smallest absolute Gasteiger partial charge is 0.0617 e. The van der Waals surface area contributed by atoms with Gasteiger partial charge in [-0.15, -0.1) is 0 Å². The van der Waals surface area contributed by atoms with Gasteiger partial charge in [-0.3, -0.25) is 0 Å². The zero-order valence-corrected chi connectivity index (χ0v) is 5.46. The molecule has 1 rings (SSSR count). The van der Waals surface area contributed by atoms with Gasteiger partial charge in [0.15, 0.2) is 0 Å². The van der Waals surface area contributed by atoms with Crippen LogP contribution in [0.3, 0.4) is 0 Å². The molecule has 0 aromatic rings. The number of allylic oxidation sites excluding steroid dienone is 1. The maximum absolute atomic E-state index is 9.24. The SMILES string of the molecule is NC[C@H]1CC=CC[C@H]1O. The van der Waals surface area contributed by atoms with Crippen LogP contribution in [-0.4, -0.2) is 17.8 Å². The Kier molecular flexibility index (Phi) is 2.25. The molecule has 0 unspecified atom stereocenters. The van der Waals surface area contributed by atoms with E-state index in [0.29, 0.717) is 12.5 Å². The first-order valence-corrected chi connectivity index (χ1v) is 3.37. The van der Waals surface area contributed by atoms with Gasteiger partial charge >= 0.3 is 0 Å². The third kappa shape index (κ3) is 1.53. The zero-order chi connectivity index (χ0) is 6.69. The fourth-order valence-corrected chi connectivity index (χ4v) is 1.11. The Morgan fingerprint density at radius 1 is 1.44 bits per heavy atom. The minimum Gasteiger partial charge on any atom is -0.392 e. The van der Waals surface area contributed by atoms with E-state index in [0.717, 1.165) is 12.8 Å². The van der Waals surface area contributed by atoms with E-state index in [2.05, 4.69) is 6.08 Å². The van der Waals surface area contributed by atoms with E-state index in [1.165, 1.54) is 0 Å². The summed E-state index contributed by atoms with van der Waals surface area (Å²) in [6, 6.07) is 0. The van der Waals surface area contributed by atoms with Crippen molar-refractivity contribution >= 4 is 0 Å². The number of aliphatic hydroxyl groups excluding tert-OH is 1. The fraction of sp³-hybridized carbons (Fsp3) is 0.714. The van der Waals surface area contributed by atoms with Crippen molar-refractivity contribution in [2.24, 2.45) is 11.7 Å². The Morgan fingerprint density at radius 2 is 2.11 bits per heavy atom. The maximum atomic E-state index is 9.24. The van der Waals surface area contributed by atoms with E-state index >= 15 is 0 Å². The molecule has 9 heavy (non-hydrogen) atoms. The molecular formula is C7H13NO. The monoisotopic (exact) mass is 127 g/mol. The Balaban J connectivity index is 2.43. The van der Waals surface area contributed by atoms with Crippen molar-refractivity contribution in [1.82, 2.24) is 0 Å². The van der Waals surface area contributed by atoms with Gasteiger partial charge in [0.1, 0.15) is 0 Å². The second kappa shape index (κ2) is 2.99. The van der Waals surface area contributed by atoms with Gasteiger partial charge in [0, 0.05) is 5.92 Å². The maximum Gasteiger partial charge on any atom is 0.0617 e. The van der Waals surface area contributed by atoms with E-state index in [1.807, 2.05) is 6.08 Å². The largest absolute Gasteiger partial charge is 0.392 e. The highest BCUT2D eigenvalue weighted by atomic mass is 16.3. The van der Waals surface area contributed by atoms with Gasteiger partial charge in [0.2, 0.25) is 0 Å². The third-order valence-electron chi connectivity index (χ3n) is 1.83. The molecule has 0 saturated heterocycles. The number of hydrogen-bond donors (Lipinski definition) is 2. The summed E-state index contributed by atoms with van der Waals surface area (Å²) < 4.78 is 0. The summed E-state index contributed by atoms with van der Waals surface area (Å²) in [5.41, 5.74) is 5.40. The third-order valence-corrected chi connectivity index (χ3v) is 1.83. The Hall–Kier alpha value is -0.340. The molecule has 0 fully saturated rings. The summed E-state index contributed by atoms with van der Waals surface area (Å²) in [6.07, 6.45) is 5.63. The minimum atomic E-state index is -0.194. The van der Waals surface area contributed by atoms with Crippen molar-refractivity contribution in [3.05, 3.63) is 12.2 Å². The molecule has 52 valence electrons. The molecule has 0 aromatic carbocycles. The summed E-state index contributed by atoms with van der Waals surface area (Å²) in [6.45, 7) is 0.603. The first-order chi connectivity index (χ1) is 4.34. The molecule has 3 N–H and O–H groups in total. The second-order valence-corrected chi connectivity index (χ2v) is 2.51. The molecule has 0 aromatic heterocycles. The first kappa shape index (κ1) is 6.78. The molecule has 0 heterocycles. The Morgan fingerprint density at radius 3 is 2.56 bits per heavy atom. The van der Waals surface area contributed by atoms with E-state index < -0.39 is 0 Å². The van der Waals surface area contributed by atoms with Crippen LogP contribution < -0.4 is 5.73 Å². The van der Waals surface area contributed by atoms with Gasteiger partial charge in [-0.25, -0.2) is 0 Å². The van der Waals surface area contributed by atoms with Gasteiger partial charge in [0.25, 0.3) is 0 Å². The quantitative estimate of drug-likeness (QED) is 0.497. The highest BCUT2D eigenvalue weighted by molar-refractivity contribution is 4.94. The topological polar surface area (TPSA) is 46.2 Å². The van der Waals surface area contributed by atoms with Crippen LogP contribution in [0.15, 0.2) is 12.2 Å². The van der Waals surface area contributed by atoms with Crippen molar-refractivity contribution in [1.29, 1.82) is 0 Å². The van der Waals surface area contributed by atoms with Crippen molar-refractivity contribution in [3.8, 4) is 0 Å². The first-order valence-electron chi connectivity index (χ1n) is 3.37. The Labute approximate surface area is 55.4 Å². The number of hydrogen-bond acceptors (Lipinski definition) is 2. The molecule has 2 heteroatoms.